The molecule has 0 bridgehead atoms. The normalized spacial score (nSPS) is 10.5. The van der Waals surface area contributed by atoms with Gasteiger partial charge in [-0.2, -0.15) is 4.68 Å². The second-order valence-corrected chi connectivity index (χ2v) is 4.65. The highest BCUT2D eigenvalue weighted by Crippen LogP contribution is 2.19. The molecule has 0 saturated heterocycles. The Kier molecular flexibility index (Phi) is 5.35. The predicted molar refractivity (Wildman–Crippen MR) is 82.1 cm³/mol. The molecular weight excluding hydrogens is 284 g/mol. The Hall–Kier alpha value is -2.57. The molecule has 0 aliphatic carbocycles. The molecule has 0 radical (unpaired) electrons. The number of nitrogen functional groups attached to an aromatic ring is 1. The third kappa shape index (κ3) is 3.55. The summed E-state index contributed by atoms with van der Waals surface area (Å²) in [6.07, 6.45) is 2.10. The molecule has 0 saturated carbocycles. The van der Waals surface area contributed by atoms with E-state index in [1.807, 2.05) is 12.1 Å². The molecule has 118 valence electrons. The largest absolute Gasteiger partial charge is 0.494 e. The van der Waals surface area contributed by atoms with Crippen molar-refractivity contribution >= 4 is 11.8 Å². The van der Waals surface area contributed by atoms with Crippen LogP contribution in [0.2, 0.25) is 0 Å². The lowest BCUT2D eigenvalue weighted by Crippen LogP contribution is -2.09. The third-order valence-corrected chi connectivity index (χ3v) is 3.02. The Morgan fingerprint density at radius 2 is 2.00 bits per heavy atom. The molecule has 2 N–H and O–H groups in total. The Morgan fingerprint density at radius 3 is 2.64 bits per heavy atom. The predicted octanol–water partition coefficient (Wildman–Crippen LogP) is 2.21. The zero-order chi connectivity index (χ0) is 15.9. The molecule has 0 amide bonds. The van der Waals surface area contributed by atoms with Crippen LogP contribution in [-0.2, 0) is 4.74 Å². The summed E-state index contributed by atoms with van der Waals surface area (Å²) in [4.78, 5) is 11.7. The molecule has 0 spiro atoms. The van der Waals surface area contributed by atoms with Crippen molar-refractivity contribution in [3.05, 3.63) is 30.0 Å². The first kappa shape index (κ1) is 15.8. The molecular formula is C15H20N4O3. The molecule has 2 aromatic rings. The Morgan fingerprint density at radius 1 is 1.27 bits per heavy atom. The number of aromatic nitrogens is 3. The summed E-state index contributed by atoms with van der Waals surface area (Å²) in [6.45, 7) is 4.78. The highest BCUT2D eigenvalue weighted by atomic mass is 16.5. The van der Waals surface area contributed by atoms with Crippen molar-refractivity contribution in [3.8, 4) is 11.4 Å². The maximum absolute atomic E-state index is 11.7. The Balaban J connectivity index is 2.13. The van der Waals surface area contributed by atoms with Crippen LogP contribution in [0.15, 0.2) is 24.3 Å². The lowest BCUT2D eigenvalue weighted by molar-refractivity contribution is 0.0520. The summed E-state index contributed by atoms with van der Waals surface area (Å²) in [5.41, 5.74) is 6.62. The third-order valence-electron chi connectivity index (χ3n) is 3.02. The fourth-order valence-electron chi connectivity index (χ4n) is 1.84. The van der Waals surface area contributed by atoms with Crippen molar-refractivity contribution in [2.75, 3.05) is 18.9 Å². The molecule has 2 rings (SSSR count). The second-order valence-electron chi connectivity index (χ2n) is 4.65. The number of nitrogens with zero attached hydrogens (tertiary/aromatic N) is 3. The maximum atomic E-state index is 11.7. The van der Waals surface area contributed by atoms with E-state index in [1.165, 1.54) is 4.68 Å². The molecule has 1 aromatic heterocycles. The van der Waals surface area contributed by atoms with E-state index >= 15 is 0 Å². The van der Waals surface area contributed by atoms with Crippen LogP contribution >= 0.6 is 0 Å². The zero-order valence-electron chi connectivity index (χ0n) is 12.8. The molecule has 1 aromatic carbocycles. The number of ether oxygens (including phenoxy) is 2. The van der Waals surface area contributed by atoms with Crippen LogP contribution in [0.25, 0.3) is 5.69 Å². The number of hydrogen-bond acceptors (Lipinski definition) is 6. The van der Waals surface area contributed by atoms with Crippen molar-refractivity contribution in [1.29, 1.82) is 0 Å². The molecule has 7 nitrogen and oxygen atoms in total. The van der Waals surface area contributed by atoms with Crippen molar-refractivity contribution in [1.82, 2.24) is 15.0 Å². The molecule has 7 heteroatoms. The zero-order valence-corrected chi connectivity index (χ0v) is 12.8. The van der Waals surface area contributed by atoms with Gasteiger partial charge in [0.1, 0.15) is 5.75 Å². The van der Waals surface area contributed by atoms with E-state index in [4.69, 9.17) is 15.2 Å². The van der Waals surface area contributed by atoms with Gasteiger partial charge >= 0.3 is 5.97 Å². The van der Waals surface area contributed by atoms with Crippen LogP contribution in [0.5, 0.6) is 5.75 Å². The van der Waals surface area contributed by atoms with Gasteiger partial charge in [0.2, 0.25) is 5.69 Å². The number of carbonyl (C=O) groups is 1. The van der Waals surface area contributed by atoms with E-state index in [2.05, 4.69) is 17.2 Å². The van der Waals surface area contributed by atoms with Gasteiger partial charge in [-0.25, -0.2) is 4.79 Å². The summed E-state index contributed by atoms with van der Waals surface area (Å²) in [5, 5.41) is 7.67. The van der Waals surface area contributed by atoms with E-state index in [0.29, 0.717) is 12.3 Å². The van der Waals surface area contributed by atoms with Gasteiger partial charge in [-0.15, -0.1) is 5.10 Å². The van der Waals surface area contributed by atoms with Crippen LogP contribution < -0.4 is 10.5 Å². The van der Waals surface area contributed by atoms with Gasteiger partial charge in [-0.05, 0) is 37.6 Å². The van der Waals surface area contributed by atoms with Crippen molar-refractivity contribution < 1.29 is 14.3 Å². The van der Waals surface area contributed by atoms with Crippen molar-refractivity contribution in [3.63, 3.8) is 0 Å². The highest BCUT2D eigenvalue weighted by molar-refractivity contribution is 5.92. The van der Waals surface area contributed by atoms with Crippen LogP contribution in [0.1, 0.15) is 37.2 Å². The van der Waals surface area contributed by atoms with Crippen LogP contribution in [0, 0.1) is 0 Å². The molecule has 0 aliphatic heterocycles. The van der Waals surface area contributed by atoms with E-state index in [-0.39, 0.29) is 18.1 Å². The van der Waals surface area contributed by atoms with Gasteiger partial charge in [0.15, 0.2) is 5.82 Å². The summed E-state index contributed by atoms with van der Waals surface area (Å²) in [5.74, 6) is 0.352. The minimum atomic E-state index is -0.578. The number of anilines is 1. The quantitative estimate of drug-likeness (QED) is 0.622. The number of benzene rings is 1. The molecule has 0 aliphatic rings. The molecule has 22 heavy (non-hydrogen) atoms. The summed E-state index contributed by atoms with van der Waals surface area (Å²) >= 11 is 0. The second kappa shape index (κ2) is 7.44. The van der Waals surface area contributed by atoms with Gasteiger partial charge in [0.05, 0.1) is 18.9 Å². The van der Waals surface area contributed by atoms with Gasteiger partial charge in [-0.1, -0.05) is 18.6 Å². The number of nitrogens with two attached hydrogens (primary N) is 1. The summed E-state index contributed by atoms with van der Waals surface area (Å²) in [6, 6.07) is 7.27. The van der Waals surface area contributed by atoms with E-state index < -0.39 is 5.97 Å². The van der Waals surface area contributed by atoms with E-state index in [9.17, 15) is 4.79 Å². The lowest BCUT2D eigenvalue weighted by Gasteiger charge is -2.07. The average molecular weight is 304 g/mol. The molecule has 0 unspecified atom stereocenters. The number of unbranched alkanes of at least 4 members (excludes halogenated alkanes) is 1. The number of hydrogen-bond donors (Lipinski definition) is 1. The lowest BCUT2D eigenvalue weighted by atomic mass is 10.3. The molecule has 1 heterocycles. The van der Waals surface area contributed by atoms with Gasteiger partial charge < -0.3 is 15.2 Å². The minimum Gasteiger partial charge on any atom is -0.494 e. The topological polar surface area (TPSA) is 92.3 Å². The number of esters is 1. The standard InChI is InChI=1S/C15H20N4O3/c1-3-5-10-22-12-8-6-11(7-9-12)19-14(16)13(17-18-19)15(20)21-4-2/h6-9H,3-5,10,16H2,1-2H3. The van der Waals surface area contributed by atoms with Gasteiger partial charge in [-0.3, -0.25) is 0 Å². The number of rotatable bonds is 7. The fraction of sp³-hybridized carbons (Fsp3) is 0.400. The van der Waals surface area contributed by atoms with Crippen LogP contribution in [0.4, 0.5) is 5.82 Å². The SMILES string of the molecule is CCCCOc1ccc(-n2nnc(C(=O)OCC)c2N)cc1. The Bertz CT molecular complexity index is 622. The molecule has 0 fully saturated rings. The van der Waals surface area contributed by atoms with E-state index in [1.54, 1.807) is 19.1 Å². The first-order valence-electron chi connectivity index (χ1n) is 7.28. The fourth-order valence-corrected chi connectivity index (χ4v) is 1.84. The first-order valence-corrected chi connectivity index (χ1v) is 7.28. The maximum Gasteiger partial charge on any atom is 0.362 e. The average Bonchev–Trinajstić information content (AvgIpc) is 2.90. The van der Waals surface area contributed by atoms with Gasteiger partial charge in [0.25, 0.3) is 0 Å². The summed E-state index contributed by atoms with van der Waals surface area (Å²) < 4.78 is 11.9. The minimum absolute atomic E-state index is 0.0186. The summed E-state index contributed by atoms with van der Waals surface area (Å²) in [7, 11) is 0. The van der Waals surface area contributed by atoms with Gasteiger partial charge in [0, 0.05) is 0 Å². The van der Waals surface area contributed by atoms with Crippen molar-refractivity contribution in [2.24, 2.45) is 0 Å². The van der Waals surface area contributed by atoms with Crippen molar-refractivity contribution in [2.45, 2.75) is 26.7 Å². The van der Waals surface area contributed by atoms with E-state index in [0.717, 1.165) is 18.6 Å². The molecule has 0 atom stereocenters. The first-order chi connectivity index (χ1) is 10.7. The highest BCUT2D eigenvalue weighted by Gasteiger charge is 2.19. The Labute approximate surface area is 129 Å². The number of carbonyl (C=O) groups excluding carboxylic acids is 1. The van der Waals surface area contributed by atoms with Crippen LogP contribution in [-0.4, -0.2) is 34.2 Å². The monoisotopic (exact) mass is 304 g/mol. The smallest absolute Gasteiger partial charge is 0.362 e. The van der Waals surface area contributed by atoms with Crippen LogP contribution in [0.3, 0.4) is 0 Å².